The number of nitrogens with zero attached hydrogens (tertiary/aromatic N) is 4. The van der Waals surface area contributed by atoms with Crippen molar-refractivity contribution in [2.45, 2.75) is 38.8 Å². The van der Waals surface area contributed by atoms with Gasteiger partial charge in [0.05, 0.1) is 11.7 Å². The molecule has 140 valence electrons. The quantitative estimate of drug-likeness (QED) is 0.608. The van der Waals surface area contributed by atoms with Crippen LogP contribution >= 0.6 is 15.9 Å². The number of carbonyl (C=O) groups is 1. The molecular formula is C20H21BrN4O2. The van der Waals surface area contributed by atoms with Crippen molar-refractivity contribution in [3.05, 3.63) is 64.4 Å². The van der Waals surface area contributed by atoms with Gasteiger partial charge < -0.3 is 4.74 Å². The van der Waals surface area contributed by atoms with E-state index >= 15 is 0 Å². The van der Waals surface area contributed by atoms with E-state index in [1.165, 1.54) is 0 Å². The van der Waals surface area contributed by atoms with Gasteiger partial charge in [-0.15, -0.1) is 0 Å². The lowest BCUT2D eigenvalue weighted by Gasteiger charge is -2.34. The fraction of sp³-hybridized carbons (Fsp3) is 0.350. The molecule has 1 unspecified atom stereocenters. The Morgan fingerprint density at radius 2 is 2.11 bits per heavy atom. The van der Waals surface area contributed by atoms with Crippen LogP contribution in [0.5, 0.6) is 0 Å². The number of ether oxygens (including phenoxy) is 1. The zero-order valence-corrected chi connectivity index (χ0v) is 16.7. The number of hydrogen-bond acceptors (Lipinski definition) is 4. The van der Waals surface area contributed by atoms with Crippen LogP contribution in [-0.2, 0) is 11.3 Å². The highest BCUT2D eigenvalue weighted by Crippen LogP contribution is 2.33. The molecule has 0 spiro atoms. The van der Waals surface area contributed by atoms with Crippen LogP contribution in [0.2, 0.25) is 0 Å². The predicted octanol–water partition coefficient (Wildman–Crippen LogP) is 4.66. The van der Waals surface area contributed by atoms with Crippen LogP contribution in [0.15, 0.2) is 47.3 Å². The second kappa shape index (κ2) is 7.68. The van der Waals surface area contributed by atoms with E-state index in [0.717, 1.165) is 46.5 Å². The van der Waals surface area contributed by atoms with Gasteiger partial charge in [-0.1, -0.05) is 30.3 Å². The third-order valence-electron chi connectivity index (χ3n) is 4.96. The first-order valence-corrected chi connectivity index (χ1v) is 9.91. The second-order valence-electron chi connectivity index (χ2n) is 6.74. The number of carbonyl (C=O) groups excluding carboxylic acids is 1. The highest BCUT2D eigenvalue weighted by Gasteiger charge is 2.32. The number of piperidine rings is 1. The third-order valence-corrected chi connectivity index (χ3v) is 5.52. The maximum absolute atomic E-state index is 12.8. The van der Waals surface area contributed by atoms with E-state index in [4.69, 9.17) is 9.72 Å². The normalized spacial score (nSPS) is 17.3. The van der Waals surface area contributed by atoms with Crippen LogP contribution in [0, 0.1) is 6.92 Å². The summed E-state index contributed by atoms with van der Waals surface area (Å²) in [5.74, 6) is 0.846. The number of amides is 1. The smallest absolute Gasteiger partial charge is 0.410 e. The molecular weight excluding hydrogens is 408 g/mol. The van der Waals surface area contributed by atoms with Gasteiger partial charge in [0.1, 0.15) is 22.6 Å². The monoisotopic (exact) mass is 428 g/mol. The number of aryl methyl sites for hydroxylation is 1. The van der Waals surface area contributed by atoms with Crippen molar-refractivity contribution >= 4 is 27.5 Å². The van der Waals surface area contributed by atoms with Gasteiger partial charge in [-0.05, 0) is 47.7 Å². The number of imidazole rings is 1. The first-order valence-electron chi connectivity index (χ1n) is 9.11. The topological polar surface area (TPSA) is 59.7 Å². The first-order chi connectivity index (χ1) is 13.1. The summed E-state index contributed by atoms with van der Waals surface area (Å²) in [4.78, 5) is 23.7. The molecule has 0 aliphatic carbocycles. The molecule has 1 fully saturated rings. The number of hydrogen-bond donors (Lipinski definition) is 0. The van der Waals surface area contributed by atoms with E-state index in [9.17, 15) is 4.79 Å². The van der Waals surface area contributed by atoms with E-state index in [-0.39, 0.29) is 18.7 Å². The predicted molar refractivity (Wildman–Crippen MR) is 105 cm³/mol. The first kappa shape index (κ1) is 18.0. The Bertz CT molecular complexity index is 957. The average Bonchev–Trinajstić information content (AvgIpc) is 3.05. The molecule has 3 heterocycles. The number of fused-ring (bicyclic) bond motifs is 1. The molecule has 6 nitrogen and oxygen atoms in total. The molecule has 0 N–H and O–H groups in total. The van der Waals surface area contributed by atoms with Gasteiger partial charge in [-0.25, -0.2) is 9.78 Å². The molecule has 1 atom stereocenters. The van der Waals surface area contributed by atoms with Crippen LogP contribution in [0.1, 0.15) is 42.4 Å². The van der Waals surface area contributed by atoms with Crippen molar-refractivity contribution in [1.29, 1.82) is 0 Å². The lowest BCUT2D eigenvalue weighted by molar-refractivity contribution is 0.0657. The largest absolute Gasteiger partial charge is 0.445 e. The Balaban J connectivity index is 1.59. The number of halogens is 1. The van der Waals surface area contributed by atoms with Gasteiger partial charge in [0.15, 0.2) is 0 Å². The molecule has 0 radical (unpaired) electrons. The summed E-state index contributed by atoms with van der Waals surface area (Å²) in [5.41, 5.74) is 2.82. The van der Waals surface area contributed by atoms with Gasteiger partial charge >= 0.3 is 6.09 Å². The van der Waals surface area contributed by atoms with Gasteiger partial charge in [0, 0.05) is 18.9 Å². The van der Waals surface area contributed by atoms with Crippen molar-refractivity contribution in [3.8, 4) is 0 Å². The van der Waals surface area contributed by atoms with Gasteiger partial charge in [-0.2, -0.15) is 0 Å². The lowest BCUT2D eigenvalue weighted by atomic mass is 10.0. The van der Waals surface area contributed by atoms with Crippen molar-refractivity contribution in [1.82, 2.24) is 19.3 Å². The van der Waals surface area contributed by atoms with E-state index in [0.29, 0.717) is 6.54 Å². The number of benzene rings is 1. The highest BCUT2D eigenvalue weighted by molar-refractivity contribution is 9.10. The van der Waals surface area contributed by atoms with E-state index in [1.54, 1.807) is 6.20 Å². The SMILES string of the molecule is Cc1nccn2c(C3CCCCN3C(=O)OCc3ccccc3)nc(Br)c12. The van der Waals surface area contributed by atoms with E-state index in [2.05, 4.69) is 20.9 Å². The fourth-order valence-corrected chi connectivity index (χ4v) is 4.28. The Morgan fingerprint density at radius 1 is 1.30 bits per heavy atom. The fourth-order valence-electron chi connectivity index (χ4n) is 3.62. The standard InChI is InChI=1S/C20H21BrN4O2/c1-14-17-18(21)23-19(25(17)12-10-22-14)16-9-5-6-11-24(16)20(26)27-13-15-7-3-2-4-8-15/h2-4,7-8,10,12,16H,5-6,9,11,13H2,1H3. The number of aromatic nitrogens is 3. The van der Waals surface area contributed by atoms with Gasteiger partial charge in [0.2, 0.25) is 0 Å². The summed E-state index contributed by atoms with van der Waals surface area (Å²) in [7, 11) is 0. The van der Waals surface area contributed by atoms with Crippen LogP contribution in [-0.4, -0.2) is 31.9 Å². The molecule has 0 saturated carbocycles. The molecule has 2 aromatic heterocycles. The van der Waals surface area contributed by atoms with Crippen molar-refractivity contribution in [2.75, 3.05) is 6.54 Å². The highest BCUT2D eigenvalue weighted by atomic mass is 79.9. The minimum absolute atomic E-state index is 0.109. The molecule has 7 heteroatoms. The summed E-state index contributed by atoms with van der Waals surface area (Å²) >= 11 is 3.55. The number of rotatable bonds is 3. The number of likely N-dealkylation sites (tertiary alicyclic amines) is 1. The minimum Gasteiger partial charge on any atom is -0.445 e. The van der Waals surface area contributed by atoms with Gasteiger partial charge in [0.25, 0.3) is 0 Å². The summed E-state index contributed by atoms with van der Waals surface area (Å²) in [6.07, 6.45) is 6.28. The maximum atomic E-state index is 12.8. The third kappa shape index (κ3) is 3.56. The lowest BCUT2D eigenvalue weighted by Crippen LogP contribution is -2.39. The molecule has 3 aromatic rings. The van der Waals surface area contributed by atoms with Crippen molar-refractivity contribution in [2.24, 2.45) is 0 Å². The molecule has 1 aliphatic heterocycles. The summed E-state index contributed by atoms with van der Waals surface area (Å²) < 4.78 is 8.37. The zero-order valence-electron chi connectivity index (χ0n) is 15.1. The minimum atomic E-state index is -0.290. The van der Waals surface area contributed by atoms with Crippen molar-refractivity contribution < 1.29 is 9.53 Å². The molecule has 27 heavy (non-hydrogen) atoms. The Hall–Kier alpha value is -2.41. The summed E-state index contributed by atoms with van der Waals surface area (Å²) in [5, 5.41) is 0. The maximum Gasteiger partial charge on any atom is 0.410 e. The van der Waals surface area contributed by atoms with Crippen LogP contribution in [0.25, 0.3) is 5.52 Å². The Kier molecular flexibility index (Phi) is 5.11. The van der Waals surface area contributed by atoms with Crippen LogP contribution in [0.3, 0.4) is 0 Å². The molecule has 0 bridgehead atoms. The Labute approximate surface area is 166 Å². The summed E-state index contributed by atoms with van der Waals surface area (Å²) in [6.45, 7) is 2.91. The zero-order chi connectivity index (χ0) is 18.8. The van der Waals surface area contributed by atoms with E-state index in [1.807, 2.05) is 52.8 Å². The molecule has 1 aromatic carbocycles. The van der Waals surface area contributed by atoms with E-state index < -0.39 is 0 Å². The molecule has 1 aliphatic rings. The molecule has 1 saturated heterocycles. The summed E-state index contributed by atoms with van der Waals surface area (Å²) in [6, 6.07) is 9.63. The van der Waals surface area contributed by atoms with Crippen LogP contribution < -0.4 is 0 Å². The Morgan fingerprint density at radius 3 is 2.93 bits per heavy atom. The molecule has 1 amide bonds. The van der Waals surface area contributed by atoms with Crippen LogP contribution in [0.4, 0.5) is 4.79 Å². The second-order valence-corrected chi connectivity index (χ2v) is 7.49. The van der Waals surface area contributed by atoms with Gasteiger partial charge in [-0.3, -0.25) is 14.3 Å². The van der Waals surface area contributed by atoms with Crippen molar-refractivity contribution in [3.63, 3.8) is 0 Å². The molecule has 4 rings (SSSR count). The average molecular weight is 429 g/mol.